The van der Waals surface area contributed by atoms with Crippen LogP contribution in [0.3, 0.4) is 0 Å². The Bertz CT molecular complexity index is 1430. The van der Waals surface area contributed by atoms with Crippen LogP contribution in [-0.2, 0) is 6.54 Å². The lowest BCUT2D eigenvalue weighted by molar-refractivity contribution is 0.145. The first-order valence-corrected chi connectivity index (χ1v) is 10.8. The van der Waals surface area contributed by atoms with Gasteiger partial charge in [0.15, 0.2) is 5.82 Å². The lowest BCUT2D eigenvalue weighted by Gasteiger charge is -2.31. The maximum Gasteiger partial charge on any atom is 0.269 e. The third kappa shape index (κ3) is 3.39. The number of aryl methyl sites for hydroxylation is 1. The lowest BCUT2D eigenvalue weighted by Crippen LogP contribution is -2.36. The normalized spacial score (nSPS) is 14.7. The molecule has 160 valence electrons. The summed E-state index contributed by atoms with van der Waals surface area (Å²) in [5, 5.41) is 21.3. The minimum atomic E-state index is -0.330. The summed E-state index contributed by atoms with van der Waals surface area (Å²) >= 11 is 0. The fourth-order valence-electron chi connectivity index (χ4n) is 4.49. The van der Waals surface area contributed by atoms with Gasteiger partial charge in [0.05, 0.1) is 23.7 Å². The standard InChI is InChI=1S/C25H23N5O2/c1-16-18-6-3-5-9-22(18)30(25(32)20(16)14-26)15-23-27-21-8-4-2-7-19(21)24(28-23)29-12-10-17(31)11-13-29/h2-9,17,31H,10-13,15H2,1H3. The Morgan fingerprint density at radius 1 is 1.06 bits per heavy atom. The summed E-state index contributed by atoms with van der Waals surface area (Å²) in [5.41, 5.74) is 2.08. The van der Waals surface area contributed by atoms with Crippen molar-refractivity contribution in [3.63, 3.8) is 0 Å². The number of piperidine rings is 1. The van der Waals surface area contributed by atoms with Crippen molar-refractivity contribution in [3.05, 3.63) is 75.8 Å². The Kier molecular flexibility index (Phi) is 5.08. The molecule has 0 saturated carbocycles. The maximum absolute atomic E-state index is 13.2. The number of aromatic nitrogens is 3. The third-order valence-corrected chi connectivity index (χ3v) is 6.24. The highest BCUT2D eigenvalue weighted by atomic mass is 16.3. The Morgan fingerprint density at radius 3 is 2.50 bits per heavy atom. The third-order valence-electron chi connectivity index (χ3n) is 6.24. The van der Waals surface area contributed by atoms with Gasteiger partial charge in [-0.3, -0.25) is 9.36 Å². The van der Waals surface area contributed by atoms with E-state index in [4.69, 9.17) is 9.97 Å². The van der Waals surface area contributed by atoms with Gasteiger partial charge in [-0.1, -0.05) is 30.3 Å². The van der Waals surface area contributed by atoms with Gasteiger partial charge >= 0.3 is 0 Å². The van der Waals surface area contributed by atoms with E-state index in [2.05, 4.69) is 11.0 Å². The van der Waals surface area contributed by atoms with Crippen LogP contribution in [0.25, 0.3) is 21.8 Å². The summed E-state index contributed by atoms with van der Waals surface area (Å²) in [4.78, 5) is 24.9. The molecule has 0 amide bonds. The van der Waals surface area contributed by atoms with Crippen LogP contribution in [0.2, 0.25) is 0 Å². The highest BCUT2D eigenvalue weighted by Gasteiger charge is 2.22. The van der Waals surface area contributed by atoms with Gasteiger partial charge in [-0.05, 0) is 43.5 Å². The summed E-state index contributed by atoms with van der Waals surface area (Å²) in [6, 6.07) is 17.5. The van der Waals surface area contributed by atoms with Crippen molar-refractivity contribution in [2.24, 2.45) is 0 Å². The van der Waals surface area contributed by atoms with Crippen LogP contribution in [0.4, 0.5) is 5.82 Å². The molecule has 1 N–H and O–H groups in total. The molecule has 0 unspecified atom stereocenters. The van der Waals surface area contributed by atoms with E-state index in [1.54, 1.807) is 4.57 Å². The molecule has 2 aromatic carbocycles. The second kappa shape index (κ2) is 8.06. The average molecular weight is 425 g/mol. The minimum absolute atomic E-state index is 0.148. The molecule has 1 saturated heterocycles. The van der Waals surface area contributed by atoms with Gasteiger partial charge in [-0.25, -0.2) is 9.97 Å². The Balaban J connectivity index is 1.67. The number of aliphatic hydroxyl groups excluding tert-OH is 1. The molecule has 7 heteroatoms. The fourth-order valence-corrected chi connectivity index (χ4v) is 4.49. The van der Waals surface area contributed by atoms with E-state index in [1.807, 2.05) is 55.5 Å². The van der Waals surface area contributed by atoms with Gasteiger partial charge in [0.1, 0.15) is 17.5 Å². The van der Waals surface area contributed by atoms with Crippen LogP contribution in [0, 0.1) is 18.3 Å². The SMILES string of the molecule is Cc1c(C#N)c(=O)n(Cc2nc(N3CCC(O)CC3)c3ccccc3n2)c2ccccc12. The number of benzene rings is 2. The Hall–Kier alpha value is -3.76. The maximum atomic E-state index is 13.2. The molecule has 0 radical (unpaired) electrons. The molecule has 7 nitrogen and oxygen atoms in total. The van der Waals surface area contributed by atoms with E-state index >= 15 is 0 Å². The van der Waals surface area contributed by atoms with Crippen molar-refractivity contribution in [1.82, 2.24) is 14.5 Å². The van der Waals surface area contributed by atoms with Crippen LogP contribution in [0.15, 0.2) is 53.3 Å². The average Bonchev–Trinajstić information content (AvgIpc) is 2.82. The Labute approximate surface area is 185 Å². The molecule has 0 aliphatic carbocycles. The predicted octanol–water partition coefficient (Wildman–Crippen LogP) is 3.13. The first kappa shape index (κ1) is 20.2. The number of nitriles is 1. The molecule has 4 aromatic rings. The fraction of sp³-hybridized carbons (Fsp3) is 0.280. The molecular weight excluding hydrogens is 402 g/mol. The van der Waals surface area contributed by atoms with E-state index in [-0.39, 0.29) is 23.8 Å². The smallest absolute Gasteiger partial charge is 0.269 e. The minimum Gasteiger partial charge on any atom is -0.393 e. The lowest BCUT2D eigenvalue weighted by atomic mass is 10.0. The van der Waals surface area contributed by atoms with Crippen LogP contribution in [0.1, 0.15) is 29.8 Å². The second-order valence-corrected chi connectivity index (χ2v) is 8.22. The second-order valence-electron chi connectivity index (χ2n) is 8.22. The topological polar surface area (TPSA) is 95.0 Å². The first-order valence-electron chi connectivity index (χ1n) is 10.8. The van der Waals surface area contributed by atoms with E-state index in [0.717, 1.165) is 27.6 Å². The quantitative estimate of drug-likeness (QED) is 0.542. The number of hydrogen-bond acceptors (Lipinski definition) is 6. The number of hydrogen-bond donors (Lipinski definition) is 1. The van der Waals surface area contributed by atoms with Gasteiger partial charge in [-0.15, -0.1) is 0 Å². The van der Waals surface area contributed by atoms with E-state index in [1.165, 1.54) is 0 Å². The van der Waals surface area contributed by atoms with Gasteiger partial charge in [0.25, 0.3) is 5.56 Å². The molecule has 1 aliphatic heterocycles. The molecule has 0 bridgehead atoms. The summed E-state index contributed by atoms with van der Waals surface area (Å²) in [6.45, 7) is 3.41. The zero-order valence-corrected chi connectivity index (χ0v) is 17.8. The zero-order valence-electron chi connectivity index (χ0n) is 17.8. The van der Waals surface area contributed by atoms with Crippen molar-refractivity contribution in [1.29, 1.82) is 5.26 Å². The van der Waals surface area contributed by atoms with Crippen LogP contribution < -0.4 is 10.5 Å². The number of rotatable bonds is 3. The van der Waals surface area contributed by atoms with E-state index in [9.17, 15) is 15.2 Å². The van der Waals surface area contributed by atoms with Crippen LogP contribution >= 0.6 is 0 Å². The molecule has 5 rings (SSSR count). The molecule has 1 fully saturated rings. The summed E-state index contributed by atoms with van der Waals surface area (Å²) < 4.78 is 1.59. The number of aliphatic hydroxyl groups is 1. The van der Waals surface area contributed by atoms with E-state index in [0.29, 0.717) is 37.3 Å². The van der Waals surface area contributed by atoms with Crippen LogP contribution in [-0.4, -0.2) is 38.8 Å². The molecular formula is C25H23N5O2. The van der Waals surface area contributed by atoms with Crippen molar-refractivity contribution >= 4 is 27.6 Å². The highest BCUT2D eigenvalue weighted by molar-refractivity contribution is 5.89. The predicted molar refractivity (Wildman–Crippen MR) is 124 cm³/mol. The number of fused-ring (bicyclic) bond motifs is 2. The summed E-state index contributed by atoms with van der Waals surface area (Å²) in [5.74, 6) is 1.34. The zero-order chi connectivity index (χ0) is 22.2. The van der Waals surface area contributed by atoms with E-state index < -0.39 is 0 Å². The summed E-state index contributed by atoms with van der Waals surface area (Å²) in [6.07, 6.45) is 1.11. The number of para-hydroxylation sites is 2. The first-order chi connectivity index (χ1) is 15.6. The van der Waals surface area contributed by atoms with Crippen molar-refractivity contribution in [2.45, 2.75) is 32.4 Å². The summed E-state index contributed by atoms with van der Waals surface area (Å²) in [7, 11) is 0. The Morgan fingerprint density at radius 2 is 1.75 bits per heavy atom. The number of pyridine rings is 1. The molecule has 1 aliphatic rings. The van der Waals surface area contributed by atoms with Crippen LogP contribution in [0.5, 0.6) is 0 Å². The largest absolute Gasteiger partial charge is 0.393 e. The number of nitrogens with zero attached hydrogens (tertiary/aromatic N) is 5. The molecule has 3 heterocycles. The van der Waals surface area contributed by atoms with Gasteiger partial charge < -0.3 is 10.0 Å². The molecule has 0 atom stereocenters. The van der Waals surface area contributed by atoms with Crippen molar-refractivity contribution < 1.29 is 5.11 Å². The monoisotopic (exact) mass is 425 g/mol. The molecule has 0 spiro atoms. The van der Waals surface area contributed by atoms with Gasteiger partial charge in [0.2, 0.25) is 0 Å². The highest BCUT2D eigenvalue weighted by Crippen LogP contribution is 2.27. The van der Waals surface area contributed by atoms with Gasteiger partial charge in [-0.2, -0.15) is 5.26 Å². The van der Waals surface area contributed by atoms with Crippen molar-refractivity contribution in [3.8, 4) is 6.07 Å². The van der Waals surface area contributed by atoms with Crippen molar-refractivity contribution in [2.75, 3.05) is 18.0 Å². The van der Waals surface area contributed by atoms with Gasteiger partial charge in [0, 0.05) is 23.9 Å². The molecule has 2 aromatic heterocycles. The molecule has 32 heavy (non-hydrogen) atoms. The number of anilines is 1.